The number of carbonyl (C=O) groups is 1. The first kappa shape index (κ1) is 16.9. The first-order chi connectivity index (χ1) is 11.7. The third kappa shape index (κ3) is 3.91. The maximum absolute atomic E-state index is 11.5. The zero-order chi connectivity index (χ0) is 16.9. The van der Waals surface area contributed by atoms with Crippen LogP contribution in [0.1, 0.15) is 21.5 Å². The highest BCUT2D eigenvalue weighted by Crippen LogP contribution is 2.28. The van der Waals surface area contributed by atoms with Gasteiger partial charge >= 0.3 is 0 Å². The van der Waals surface area contributed by atoms with E-state index < -0.39 is 0 Å². The Morgan fingerprint density at radius 2 is 2.00 bits per heavy atom. The first-order valence-electron chi connectivity index (χ1n) is 8.19. The van der Waals surface area contributed by atoms with Gasteiger partial charge in [-0.2, -0.15) is 11.8 Å². The van der Waals surface area contributed by atoms with E-state index in [2.05, 4.69) is 41.5 Å². The molecule has 1 saturated heterocycles. The van der Waals surface area contributed by atoms with Crippen molar-refractivity contribution in [3.63, 3.8) is 0 Å². The molecule has 0 spiro atoms. The molecule has 2 aromatic carbocycles. The van der Waals surface area contributed by atoms with Crippen molar-refractivity contribution in [2.24, 2.45) is 5.84 Å². The second-order valence-electron chi connectivity index (χ2n) is 6.10. The number of nitrogen functional groups attached to an aromatic ring is 1. The Morgan fingerprint density at radius 1 is 1.25 bits per heavy atom. The fourth-order valence-corrected chi connectivity index (χ4v) is 4.37. The first-order valence-corrected chi connectivity index (χ1v) is 9.24. The maximum atomic E-state index is 11.5. The SMILES string of the molecule is Cc1ccccc1N1CCSC(Cc2ccc(C(=O)NN)cc2)C1. The van der Waals surface area contributed by atoms with Crippen molar-refractivity contribution in [2.75, 3.05) is 23.7 Å². The topological polar surface area (TPSA) is 58.4 Å². The van der Waals surface area contributed by atoms with E-state index in [0.29, 0.717) is 10.8 Å². The van der Waals surface area contributed by atoms with E-state index in [0.717, 1.165) is 25.3 Å². The minimum Gasteiger partial charge on any atom is -0.369 e. The van der Waals surface area contributed by atoms with Crippen molar-refractivity contribution in [3.8, 4) is 0 Å². The van der Waals surface area contributed by atoms with Crippen molar-refractivity contribution < 1.29 is 4.79 Å². The number of thioether (sulfide) groups is 1. The van der Waals surface area contributed by atoms with Gasteiger partial charge in [-0.05, 0) is 42.7 Å². The molecule has 1 fully saturated rings. The number of nitrogens with zero attached hydrogens (tertiary/aromatic N) is 1. The number of carbonyl (C=O) groups excluding carboxylic acids is 1. The molecule has 3 rings (SSSR count). The summed E-state index contributed by atoms with van der Waals surface area (Å²) in [6, 6.07) is 16.3. The van der Waals surface area contributed by atoms with Crippen LogP contribution in [-0.4, -0.2) is 30.0 Å². The number of nitrogens with one attached hydrogen (secondary N) is 1. The van der Waals surface area contributed by atoms with Crippen LogP contribution in [0.15, 0.2) is 48.5 Å². The van der Waals surface area contributed by atoms with Gasteiger partial charge in [0.05, 0.1) is 0 Å². The molecule has 4 nitrogen and oxygen atoms in total. The van der Waals surface area contributed by atoms with Crippen LogP contribution in [0.25, 0.3) is 0 Å². The van der Waals surface area contributed by atoms with E-state index in [1.165, 1.54) is 16.8 Å². The largest absolute Gasteiger partial charge is 0.369 e. The molecule has 1 heterocycles. The third-order valence-electron chi connectivity index (χ3n) is 4.41. The van der Waals surface area contributed by atoms with Gasteiger partial charge in [0.25, 0.3) is 5.91 Å². The molecular formula is C19H23N3OS. The Kier molecular flexibility index (Phi) is 5.43. The van der Waals surface area contributed by atoms with E-state index in [1.54, 1.807) is 0 Å². The van der Waals surface area contributed by atoms with Crippen LogP contribution in [0.2, 0.25) is 0 Å². The molecule has 5 heteroatoms. The Bertz CT molecular complexity index is 702. The highest BCUT2D eigenvalue weighted by Gasteiger charge is 2.21. The second kappa shape index (κ2) is 7.73. The number of hydrazine groups is 1. The summed E-state index contributed by atoms with van der Waals surface area (Å²) in [5, 5.41) is 0.563. The van der Waals surface area contributed by atoms with Gasteiger partial charge in [-0.15, -0.1) is 0 Å². The van der Waals surface area contributed by atoms with Crippen molar-refractivity contribution in [1.29, 1.82) is 0 Å². The Morgan fingerprint density at radius 3 is 2.71 bits per heavy atom. The van der Waals surface area contributed by atoms with Gasteiger partial charge in [-0.3, -0.25) is 10.2 Å². The number of hydrogen-bond donors (Lipinski definition) is 2. The third-order valence-corrected chi connectivity index (χ3v) is 5.61. The molecule has 1 aliphatic heterocycles. The van der Waals surface area contributed by atoms with E-state index >= 15 is 0 Å². The molecule has 0 bridgehead atoms. The fraction of sp³-hybridized carbons (Fsp3) is 0.316. The van der Waals surface area contributed by atoms with E-state index in [-0.39, 0.29) is 5.91 Å². The number of amides is 1. The monoisotopic (exact) mass is 341 g/mol. The van der Waals surface area contributed by atoms with Gasteiger partial charge in [-0.1, -0.05) is 30.3 Å². The summed E-state index contributed by atoms with van der Waals surface area (Å²) in [7, 11) is 0. The fourth-order valence-electron chi connectivity index (χ4n) is 3.12. The Hall–Kier alpha value is -1.98. The minimum atomic E-state index is -0.251. The van der Waals surface area contributed by atoms with Crippen molar-refractivity contribution in [1.82, 2.24) is 5.43 Å². The predicted molar refractivity (Wildman–Crippen MR) is 101 cm³/mol. The lowest BCUT2D eigenvalue weighted by molar-refractivity contribution is 0.0953. The highest BCUT2D eigenvalue weighted by molar-refractivity contribution is 8.00. The zero-order valence-electron chi connectivity index (χ0n) is 13.9. The molecule has 126 valence electrons. The summed E-state index contributed by atoms with van der Waals surface area (Å²) in [5.74, 6) is 6.06. The minimum absolute atomic E-state index is 0.251. The molecule has 3 N–H and O–H groups in total. The number of hydrogen-bond acceptors (Lipinski definition) is 4. The molecule has 24 heavy (non-hydrogen) atoms. The molecule has 1 amide bonds. The Labute approximate surface area is 147 Å². The summed E-state index contributed by atoms with van der Waals surface area (Å²) < 4.78 is 0. The summed E-state index contributed by atoms with van der Waals surface area (Å²) in [6.07, 6.45) is 1.01. The quantitative estimate of drug-likeness (QED) is 0.510. The summed E-state index contributed by atoms with van der Waals surface area (Å²) in [4.78, 5) is 14.0. The van der Waals surface area contributed by atoms with Gasteiger partial charge in [-0.25, -0.2) is 5.84 Å². The lowest BCUT2D eigenvalue weighted by Crippen LogP contribution is -2.39. The van der Waals surface area contributed by atoms with Crippen molar-refractivity contribution in [3.05, 3.63) is 65.2 Å². The van der Waals surface area contributed by atoms with E-state index in [9.17, 15) is 4.79 Å². The van der Waals surface area contributed by atoms with Gasteiger partial charge < -0.3 is 4.90 Å². The van der Waals surface area contributed by atoms with Crippen LogP contribution in [0.4, 0.5) is 5.69 Å². The lowest BCUT2D eigenvalue weighted by atomic mass is 10.1. The smallest absolute Gasteiger partial charge is 0.265 e. The van der Waals surface area contributed by atoms with Crippen LogP contribution >= 0.6 is 11.8 Å². The number of benzene rings is 2. The summed E-state index contributed by atoms with van der Waals surface area (Å²) in [5.41, 5.74) is 6.69. The van der Waals surface area contributed by atoms with Crippen LogP contribution in [-0.2, 0) is 6.42 Å². The van der Waals surface area contributed by atoms with Crippen molar-refractivity contribution in [2.45, 2.75) is 18.6 Å². The van der Waals surface area contributed by atoms with E-state index in [4.69, 9.17) is 5.84 Å². The van der Waals surface area contributed by atoms with E-state index in [1.807, 2.05) is 36.0 Å². The molecule has 1 aliphatic rings. The second-order valence-corrected chi connectivity index (χ2v) is 7.51. The average molecular weight is 341 g/mol. The maximum Gasteiger partial charge on any atom is 0.265 e. The van der Waals surface area contributed by atoms with Gasteiger partial charge in [0.15, 0.2) is 0 Å². The molecule has 0 aromatic heterocycles. The number of anilines is 1. The number of nitrogens with two attached hydrogens (primary N) is 1. The number of aryl methyl sites for hydroxylation is 1. The lowest BCUT2D eigenvalue weighted by Gasteiger charge is -2.35. The zero-order valence-corrected chi connectivity index (χ0v) is 14.7. The van der Waals surface area contributed by atoms with Crippen molar-refractivity contribution >= 4 is 23.4 Å². The molecule has 1 atom stereocenters. The van der Waals surface area contributed by atoms with Crippen LogP contribution < -0.4 is 16.2 Å². The predicted octanol–water partition coefficient (Wildman–Crippen LogP) is 2.76. The van der Waals surface area contributed by atoms with Crippen LogP contribution in [0, 0.1) is 6.92 Å². The van der Waals surface area contributed by atoms with Crippen LogP contribution in [0.3, 0.4) is 0 Å². The van der Waals surface area contributed by atoms with Crippen LogP contribution in [0.5, 0.6) is 0 Å². The highest BCUT2D eigenvalue weighted by atomic mass is 32.2. The number of rotatable bonds is 4. The molecule has 0 saturated carbocycles. The standard InChI is InChI=1S/C19H23N3OS/c1-14-4-2-3-5-18(14)22-10-11-24-17(13-22)12-15-6-8-16(9-7-15)19(23)21-20/h2-9,17H,10-13,20H2,1H3,(H,21,23). The number of para-hydroxylation sites is 1. The molecular weight excluding hydrogens is 318 g/mol. The molecule has 0 aliphatic carbocycles. The molecule has 2 aromatic rings. The summed E-state index contributed by atoms with van der Waals surface area (Å²) in [6.45, 7) is 4.33. The van der Waals surface area contributed by atoms with Gasteiger partial charge in [0, 0.05) is 35.3 Å². The Balaban J connectivity index is 1.65. The summed E-state index contributed by atoms with van der Waals surface area (Å²) >= 11 is 2.04. The molecule has 0 radical (unpaired) electrons. The van der Waals surface area contributed by atoms with Gasteiger partial charge in [0.2, 0.25) is 0 Å². The normalized spacial score (nSPS) is 17.6. The molecule has 1 unspecified atom stereocenters. The average Bonchev–Trinajstić information content (AvgIpc) is 2.62. The van der Waals surface area contributed by atoms with Gasteiger partial charge in [0.1, 0.15) is 0 Å².